The highest BCUT2D eigenvalue weighted by Gasteiger charge is 2.16. The standard InChI is InChI=1S/C16H11NO2/c18-17(19)16-11-14-9-5-4-8-13(14)10-15(16)12-6-2-1-3-7-12/h1-11H. The van der Waals surface area contributed by atoms with Gasteiger partial charge in [0.15, 0.2) is 0 Å². The molecule has 0 saturated heterocycles. The van der Waals surface area contributed by atoms with Crippen LogP contribution >= 0.6 is 0 Å². The highest BCUT2D eigenvalue weighted by Crippen LogP contribution is 2.33. The van der Waals surface area contributed by atoms with Gasteiger partial charge in [-0.25, -0.2) is 0 Å². The van der Waals surface area contributed by atoms with Crippen LogP contribution in [0.2, 0.25) is 0 Å². The van der Waals surface area contributed by atoms with E-state index < -0.39 is 0 Å². The van der Waals surface area contributed by atoms with Crippen molar-refractivity contribution in [2.75, 3.05) is 0 Å². The zero-order valence-corrected chi connectivity index (χ0v) is 10.1. The van der Waals surface area contributed by atoms with E-state index in [0.29, 0.717) is 5.56 Å². The van der Waals surface area contributed by atoms with Crippen molar-refractivity contribution in [1.29, 1.82) is 0 Å². The summed E-state index contributed by atoms with van der Waals surface area (Å²) in [4.78, 5) is 10.9. The summed E-state index contributed by atoms with van der Waals surface area (Å²) in [6.45, 7) is 0. The second kappa shape index (κ2) is 4.53. The summed E-state index contributed by atoms with van der Waals surface area (Å²) >= 11 is 0. The Bertz CT molecular complexity index is 751. The first-order chi connectivity index (χ1) is 9.25. The summed E-state index contributed by atoms with van der Waals surface area (Å²) in [6, 6.07) is 20.6. The van der Waals surface area contributed by atoms with Gasteiger partial charge in [0, 0.05) is 6.07 Å². The monoisotopic (exact) mass is 249 g/mol. The number of nitro benzene ring substituents is 1. The van der Waals surface area contributed by atoms with Crippen molar-refractivity contribution in [1.82, 2.24) is 0 Å². The van der Waals surface area contributed by atoms with Crippen LogP contribution in [-0.4, -0.2) is 4.92 Å². The van der Waals surface area contributed by atoms with Crippen LogP contribution in [0.1, 0.15) is 0 Å². The molecule has 3 rings (SSSR count). The lowest BCUT2D eigenvalue weighted by molar-refractivity contribution is -0.384. The van der Waals surface area contributed by atoms with E-state index in [2.05, 4.69) is 0 Å². The van der Waals surface area contributed by atoms with Gasteiger partial charge in [0.1, 0.15) is 0 Å². The summed E-state index contributed by atoms with van der Waals surface area (Å²) in [7, 11) is 0. The largest absolute Gasteiger partial charge is 0.277 e. The van der Waals surface area contributed by atoms with E-state index in [1.54, 1.807) is 6.07 Å². The van der Waals surface area contributed by atoms with Crippen molar-refractivity contribution < 1.29 is 4.92 Å². The fourth-order valence-corrected chi connectivity index (χ4v) is 2.23. The molecule has 0 aliphatic rings. The number of benzene rings is 3. The Kier molecular flexibility index (Phi) is 2.72. The van der Waals surface area contributed by atoms with Gasteiger partial charge >= 0.3 is 0 Å². The van der Waals surface area contributed by atoms with E-state index in [4.69, 9.17) is 0 Å². The quantitative estimate of drug-likeness (QED) is 0.498. The van der Waals surface area contributed by atoms with Crippen LogP contribution in [0.3, 0.4) is 0 Å². The van der Waals surface area contributed by atoms with Gasteiger partial charge in [0.25, 0.3) is 5.69 Å². The lowest BCUT2D eigenvalue weighted by Gasteiger charge is -2.05. The minimum Gasteiger partial charge on any atom is -0.258 e. The molecule has 0 bridgehead atoms. The molecule has 0 amide bonds. The molecule has 92 valence electrons. The third-order valence-electron chi connectivity index (χ3n) is 3.15. The fraction of sp³-hybridized carbons (Fsp3) is 0. The maximum atomic E-state index is 11.2. The Morgan fingerprint density at radius 1 is 0.789 bits per heavy atom. The minimum atomic E-state index is -0.325. The number of fused-ring (bicyclic) bond motifs is 1. The number of hydrogen-bond donors (Lipinski definition) is 0. The molecule has 19 heavy (non-hydrogen) atoms. The Balaban J connectivity index is 2.33. The normalized spacial score (nSPS) is 10.5. The summed E-state index contributed by atoms with van der Waals surface area (Å²) in [6.07, 6.45) is 0. The van der Waals surface area contributed by atoms with E-state index in [0.717, 1.165) is 16.3 Å². The Morgan fingerprint density at radius 2 is 1.37 bits per heavy atom. The molecule has 3 aromatic rings. The molecule has 0 atom stereocenters. The highest BCUT2D eigenvalue weighted by atomic mass is 16.6. The van der Waals surface area contributed by atoms with Gasteiger partial charge < -0.3 is 0 Å². The zero-order chi connectivity index (χ0) is 13.2. The van der Waals surface area contributed by atoms with Gasteiger partial charge in [-0.15, -0.1) is 0 Å². The smallest absolute Gasteiger partial charge is 0.258 e. The molecular formula is C16H11NO2. The first-order valence-electron chi connectivity index (χ1n) is 5.98. The van der Waals surface area contributed by atoms with Gasteiger partial charge in [0.05, 0.1) is 10.5 Å². The van der Waals surface area contributed by atoms with Crippen LogP contribution < -0.4 is 0 Å². The lowest BCUT2D eigenvalue weighted by Crippen LogP contribution is -1.92. The third kappa shape index (κ3) is 2.06. The molecule has 3 nitrogen and oxygen atoms in total. The van der Waals surface area contributed by atoms with Crippen molar-refractivity contribution in [3.63, 3.8) is 0 Å². The molecule has 0 radical (unpaired) electrons. The van der Waals surface area contributed by atoms with Gasteiger partial charge in [-0.3, -0.25) is 10.1 Å². The summed E-state index contributed by atoms with van der Waals surface area (Å²) in [5.74, 6) is 0. The second-order valence-electron chi connectivity index (χ2n) is 4.34. The molecule has 0 spiro atoms. The minimum absolute atomic E-state index is 0.143. The van der Waals surface area contributed by atoms with Crippen LogP contribution in [0.15, 0.2) is 66.7 Å². The maximum Gasteiger partial charge on any atom is 0.277 e. The molecule has 3 heteroatoms. The van der Waals surface area contributed by atoms with Crippen molar-refractivity contribution in [3.05, 3.63) is 76.8 Å². The molecule has 0 aromatic heterocycles. The Morgan fingerprint density at radius 3 is 2.00 bits per heavy atom. The van der Waals surface area contributed by atoms with E-state index in [-0.39, 0.29) is 10.6 Å². The summed E-state index contributed by atoms with van der Waals surface area (Å²) in [5.41, 5.74) is 1.66. The third-order valence-corrected chi connectivity index (χ3v) is 3.15. The van der Waals surface area contributed by atoms with E-state index in [9.17, 15) is 10.1 Å². The molecule has 0 unspecified atom stereocenters. The Labute approximate surface area is 110 Å². The predicted molar refractivity (Wildman–Crippen MR) is 76.0 cm³/mol. The predicted octanol–water partition coefficient (Wildman–Crippen LogP) is 4.42. The molecular weight excluding hydrogens is 238 g/mol. The van der Waals surface area contributed by atoms with Crippen LogP contribution in [0, 0.1) is 10.1 Å². The average Bonchev–Trinajstić information content (AvgIpc) is 2.46. The number of nitro groups is 1. The number of nitrogens with zero attached hydrogens (tertiary/aromatic N) is 1. The molecule has 0 aliphatic carbocycles. The van der Waals surface area contributed by atoms with Crippen molar-refractivity contribution in [2.24, 2.45) is 0 Å². The number of rotatable bonds is 2. The van der Waals surface area contributed by atoms with Gasteiger partial charge in [-0.05, 0) is 22.4 Å². The van der Waals surface area contributed by atoms with E-state index in [1.807, 2.05) is 60.7 Å². The van der Waals surface area contributed by atoms with Gasteiger partial charge in [-0.2, -0.15) is 0 Å². The Hall–Kier alpha value is -2.68. The van der Waals surface area contributed by atoms with Crippen LogP contribution in [-0.2, 0) is 0 Å². The van der Waals surface area contributed by atoms with Crippen LogP contribution in [0.5, 0.6) is 0 Å². The SMILES string of the molecule is O=[N+]([O-])c1cc2ccccc2cc1-c1ccccc1. The fourth-order valence-electron chi connectivity index (χ4n) is 2.23. The van der Waals surface area contributed by atoms with Gasteiger partial charge in [0.2, 0.25) is 0 Å². The van der Waals surface area contributed by atoms with Crippen molar-refractivity contribution in [3.8, 4) is 11.1 Å². The molecule has 0 N–H and O–H groups in total. The molecule has 0 aliphatic heterocycles. The van der Waals surface area contributed by atoms with Crippen LogP contribution in [0.25, 0.3) is 21.9 Å². The first kappa shape index (κ1) is 11.4. The second-order valence-corrected chi connectivity index (χ2v) is 4.34. The summed E-state index contributed by atoms with van der Waals surface area (Å²) < 4.78 is 0. The van der Waals surface area contributed by atoms with Gasteiger partial charge in [-0.1, -0.05) is 54.6 Å². The zero-order valence-electron chi connectivity index (χ0n) is 10.1. The molecule has 0 fully saturated rings. The van der Waals surface area contributed by atoms with E-state index in [1.165, 1.54) is 0 Å². The maximum absolute atomic E-state index is 11.2. The molecule has 0 heterocycles. The highest BCUT2D eigenvalue weighted by molar-refractivity contribution is 5.92. The molecule has 3 aromatic carbocycles. The van der Waals surface area contributed by atoms with E-state index >= 15 is 0 Å². The lowest BCUT2D eigenvalue weighted by atomic mass is 9.99. The van der Waals surface area contributed by atoms with Crippen molar-refractivity contribution >= 4 is 16.5 Å². The number of hydrogen-bond acceptors (Lipinski definition) is 2. The van der Waals surface area contributed by atoms with Crippen LogP contribution in [0.4, 0.5) is 5.69 Å². The van der Waals surface area contributed by atoms with Crippen molar-refractivity contribution in [2.45, 2.75) is 0 Å². The average molecular weight is 249 g/mol. The first-order valence-corrected chi connectivity index (χ1v) is 5.98. The molecule has 0 saturated carbocycles. The summed E-state index contributed by atoms with van der Waals surface area (Å²) in [5, 5.41) is 13.1. The topological polar surface area (TPSA) is 43.1 Å².